The molecule has 0 aliphatic heterocycles. The third-order valence-electron chi connectivity index (χ3n) is 3.96. The predicted molar refractivity (Wildman–Crippen MR) is 115 cm³/mol. The van der Waals surface area contributed by atoms with Gasteiger partial charge in [-0.2, -0.15) is 4.31 Å². The van der Waals surface area contributed by atoms with Gasteiger partial charge in [0.1, 0.15) is 12.1 Å². The van der Waals surface area contributed by atoms with E-state index in [4.69, 9.17) is 9.84 Å². The molecule has 0 saturated carbocycles. The molecule has 0 radical (unpaired) electrons. The summed E-state index contributed by atoms with van der Waals surface area (Å²) >= 11 is 0. The average molecular weight is 465 g/mol. The lowest BCUT2D eigenvalue weighted by Crippen LogP contribution is -2.35. The molecule has 0 aliphatic carbocycles. The van der Waals surface area contributed by atoms with Crippen LogP contribution >= 0.6 is 0 Å². The predicted octanol–water partition coefficient (Wildman–Crippen LogP) is 3.22. The fourth-order valence-electron chi connectivity index (χ4n) is 2.58. The summed E-state index contributed by atoms with van der Waals surface area (Å²) in [7, 11) is -4.22. The maximum Gasteiger partial charge on any atom is 0.412 e. The number of nitro benzene ring substituents is 1. The van der Waals surface area contributed by atoms with Crippen LogP contribution in [0.3, 0.4) is 0 Å². The van der Waals surface area contributed by atoms with E-state index < -0.39 is 39.2 Å². The van der Waals surface area contributed by atoms with Crippen LogP contribution < -0.4 is 5.32 Å². The highest BCUT2D eigenvalue weighted by molar-refractivity contribution is 7.89. The van der Waals surface area contributed by atoms with Crippen molar-refractivity contribution in [1.29, 1.82) is 0 Å². The average Bonchev–Trinajstić information content (AvgIpc) is 2.66. The van der Waals surface area contributed by atoms with Gasteiger partial charge in [0.15, 0.2) is 0 Å². The van der Waals surface area contributed by atoms with Crippen molar-refractivity contribution >= 4 is 33.5 Å². The Hall–Kier alpha value is -3.51. The summed E-state index contributed by atoms with van der Waals surface area (Å²) in [6, 6.07) is 10.3. The number of non-ortho nitro benzene ring substituents is 1. The molecule has 12 heteroatoms. The summed E-state index contributed by atoms with van der Waals surface area (Å²) < 4.78 is 31.9. The third-order valence-corrected chi connectivity index (χ3v) is 5.76. The molecule has 0 unspecified atom stereocenters. The Morgan fingerprint density at radius 2 is 1.66 bits per heavy atom. The van der Waals surface area contributed by atoms with Gasteiger partial charge in [0.25, 0.3) is 5.69 Å². The maximum absolute atomic E-state index is 13.0. The zero-order chi connectivity index (χ0) is 24.1. The van der Waals surface area contributed by atoms with Crippen molar-refractivity contribution in [2.75, 3.05) is 11.9 Å². The number of carbonyl (C=O) groups excluding carboxylic acids is 1. The molecule has 0 atom stereocenters. The first-order valence-electron chi connectivity index (χ1n) is 9.33. The zero-order valence-corrected chi connectivity index (χ0v) is 18.5. The molecule has 1 amide bonds. The lowest BCUT2D eigenvalue weighted by atomic mass is 10.2. The smallest absolute Gasteiger partial charge is 0.412 e. The van der Waals surface area contributed by atoms with Gasteiger partial charge in [-0.1, -0.05) is 12.1 Å². The number of carbonyl (C=O) groups is 2. The highest BCUT2D eigenvalue weighted by Crippen LogP contribution is 2.22. The minimum absolute atomic E-state index is 0.172. The molecule has 0 spiro atoms. The third kappa shape index (κ3) is 7.03. The number of amides is 1. The van der Waals surface area contributed by atoms with Crippen molar-refractivity contribution < 1.29 is 32.8 Å². The first-order chi connectivity index (χ1) is 14.8. The van der Waals surface area contributed by atoms with E-state index in [1.54, 1.807) is 20.8 Å². The second-order valence-corrected chi connectivity index (χ2v) is 9.68. The van der Waals surface area contributed by atoms with E-state index in [-0.39, 0.29) is 17.1 Å². The van der Waals surface area contributed by atoms with Crippen LogP contribution in [0.15, 0.2) is 53.4 Å². The molecule has 2 rings (SSSR count). The molecule has 32 heavy (non-hydrogen) atoms. The Balaban J connectivity index is 2.23. The number of nitrogens with one attached hydrogen (secondary N) is 1. The van der Waals surface area contributed by atoms with E-state index in [1.807, 2.05) is 0 Å². The largest absolute Gasteiger partial charge is 0.480 e. The Bertz CT molecular complexity index is 1090. The first kappa shape index (κ1) is 24.8. The first-order valence-corrected chi connectivity index (χ1v) is 10.8. The zero-order valence-electron chi connectivity index (χ0n) is 17.6. The monoisotopic (exact) mass is 465 g/mol. The van der Waals surface area contributed by atoms with Crippen molar-refractivity contribution in [2.24, 2.45) is 0 Å². The number of hydrogen-bond acceptors (Lipinski definition) is 7. The van der Waals surface area contributed by atoms with Gasteiger partial charge in [-0.3, -0.25) is 20.2 Å². The van der Waals surface area contributed by atoms with Crippen LogP contribution in [-0.4, -0.2) is 47.0 Å². The van der Waals surface area contributed by atoms with Crippen molar-refractivity contribution in [3.8, 4) is 0 Å². The Kier molecular flexibility index (Phi) is 7.54. The van der Waals surface area contributed by atoms with Gasteiger partial charge in [0.05, 0.1) is 9.82 Å². The molecule has 11 nitrogen and oxygen atoms in total. The number of benzene rings is 2. The molecule has 2 N–H and O–H groups in total. The van der Waals surface area contributed by atoms with Gasteiger partial charge in [-0.15, -0.1) is 0 Å². The normalized spacial score (nSPS) is 11.8. The lowest BCUT2D eigenvalue weighted by molar-refractivity contribution is -0.384. The van der Waals surface area contributed by atoms with Crippen LogP contribution in [0.4, 0.5) is 16.2 Å². The fraction of sp³-hybridized carbons (Fsp3) is 0.300. The number of ether oxygens (including phenoxy) is 1. The second kappa shape index (κ2) is 9.75. The van der Waals surface area contributed by atoms with Crippen molar-refractivity contribution in [3.05, 3.63) is 64.2 Å². The molecular weight excluding hydrogens is 442 g/mol. The van der Waals surface area contributed by atoms with Crippen molar-refractivity contribution in [3.63, 3.8) is 0 Å². The van der Waals surface area contributed by atoms with Crippen molar-refractivity contribution in [2.45, 2.75) is 37.8 Å². The number of anilines is 1. The summed E-state index contributed by atoms with van der Waals surface area (Å²) in [5.74, 6) is -1.36. The topological polar surface area (TPSA) is 156 Å². The highest BCUT2D eigenvalue weighted by atomic mass is 32.2. The number of aliphatic carboxylic acids is 1. The number of rotatable bonds is 8. The molecular formula is C20H23N3O8S. The van der Waals surface area contributed by atoms with Gasteiger partial charge in [0, 0.05) is 24.4 Å². The fourth-order valence-corrected chi connectivity index (χ4v) is 3.96. The Labute approximate surface area is 184 Å². The van der Waals surface area contributed by atoms with E-state index in [9.17, 15) is 28.1 Å². The van der Waals surface area contributed by atoms with Gasteiger partial charge < -0.3 is 9.84 Å². The molecule has 172 valence electrons. The van der Waals surface area contributed by atoms with Gasteiger partial charge in [-0.05, 0) is 50.6 Å². The van der Waals surface area contributed by atoms with E-state index in [0.29, 0.717) is 11.3 Å². The summed E-state index contributed by atoms with van der Waals surface area (Å²) in [6.45, 7) is 3.99. The molecule has 2 aromatic rings. The Morgan fingerprint density at radius 1 is 1.09 bits per heavy atom. The number of sulfonamides is 1. The molecule has 0 aromatic heterocycles. The highest BCUT2D eigenvalue weighted by Gasteiger charge is 2.27. The molecule has 0 bridgehead atoms. The summed E-state index contributed by atoms with van der Waals surface area (Å²) in [4.78, 5) is 33.1. The SMILES string of the molecule is CC(C)(C)OC(=O)Nc1ccc(S(=O)(=O)N(CC(=O)O)Cc2ccc([N+](=O)[O-])cc2)cc1. The van der Waals surface area contributed by atoms with Crippen molar-refractivity contribution in [1.82, 2.24) is 4.31 Å². The summed E-state index contributed by atoms with van der Waals surface area (Å²) in [5.41, 5.74) is -0.209. The molecule has 0 aliphatic rings. The number of nitro groups is 1. The minimum Gasteiger partial charge on any atom is -0.480 e. The van der Waals surface area contributed by atoms with Crippen LogP contribution in [0.2, 0.25) is 0 Å². The number of carboxylic acid groups (broad SMARTS) is 1. The molecule has 0 saturated heterocycles. The van der Waals surface area contributed by atoms with Crippen LogP contribution in [0.5, 0.6) is 0 Å². The maximum atomic E-state index is 13.0. The summed E-state index contributed by atoms with van der Waals surface area (Å²) in [5, 5.41) is 22.4. The van der Waals surface area contributed by atoms with Crippen LogP contribution in [0.25, 0.3) is 0 Å². The standard InChI is InChI=1S/C20H23N3O8S/c1-20(2,3)31-19(26)21-15-6-10-17(11-7-15)32(29,30)22(13-18(24)25)12-14-4-8-16(9-5-14)23(27)28/h4-11H,12-13H2,1-3H3,(H,21,26)(H,24,25). The van der Waals surface area contributed by atoms with Crippen LogP contribution in [-0.2, 0) is 26.1 Å². The molecule has 2 aromatic carbocycles. The molecule has 0 heterocycles. The lowest BCUT2D eigenvalue weighted by Gasteiger charge is -2.21. The van der Waals surface area contributed by atoms with Crippen LogP contribution in [0.1, 0.15) is 26.3 Å². The number of nitrogens with zero attached hydrogens (tertiary/aromatic N) is 2. The van der Waals surface area contributed by atoms with E-state index >= 15 is 0 Å². The van der Waals surface area contributed by atoms with Crippen LogP contribution in [0, 0.1) is 10.1 Å². The number of hydrogen-bond donors (Lipinski definition) is 2. The van der Waals surface area contributed by atoms with Gasteiger partial charge in [0.2, 0.25) is 10.0 Å². The number of carboxylic acids is 1. The molecule has 0 fully saturated rings. The minimum atomic E-state index is -4.22. The summed E-state index contributed by atoms with van der Waals surface area (Å²) in [6.07, 6.45) is -0.709. The quantitative estimate of drug-likeness (QED) is 0.444. The van der Waals surface area contributed by atoms with Gasteiger partial charge >= 0.3 is 12.1 Å². The van der Waals surface area contributed by atoms with E-state index in [2.05, 4.69) is 5.32 Å². The van der Waals surface area contributed by atoms with E-state index in [0.717, 1.165) is 4.31 Å². The second-order valence-electron chi connectivity index (χ2n) is 7.74. The Morgan fingerprint density at radius 3 is 2.12 bits per heavy atom. The van der Waals surface area contributed by atoms with E-state index in [1.165, 1.54) is 48.5 Å². The van der Waals surface area contributed by atoms with Gasteiger partial charge in [-0.25, -0.2) is 13.2 Å².